The largest absolute Gasteiger partial charge is 0.350 e. The highest BCUT2D eigenvalue weighted by Crippen LogP contribution is 2.19. The van der Waals surface area contributed by atoms with E-state index in [4.69, 9.17) is 0 Å². The lowest BCUT2D eigenvalue weighted by molar-refractivity contribution is 0.775. The van der Waals surface area contributed by atoms with Crippen LogP contribution >= 0.6 is 0 Å². The summed E-state index contributed by atoms with van der Waals surface area (Å²) in [5, 5.41) is 0. The van der Waals surface area contributed by atoms with Crippen molar-refractivity contribution >= 4 is 123 Å². The summed E-state index contributed by atoms with van der Waals surface area (Å²) >= 11 is 0. The smallest absolute Gasteiger partial charge is 0.350 e. The van der Waals surface area contributed by atoms with Gasteiger partial charge in [-0.2, -0.15) is 0 Å². The zero-order valence-corrected chi connectivity index (χ0v) is 17.2. The van der Waals surface area contributed by atoms with E-state index in [9.17, 15) is 77.7 Å². The van der Waals surface area contributed by atoms with Gasteiger partial charge in [-0.15, -0.1) is 0 Å². The molecule has 0 unspecified atom stereocenters. The molecular formula is B18F18. The molecule has 0 spiro atoms. The summed E-state index contributed by atoms with van der Waals surface area (Å²) < 4.78 is 238. The highest BCUT2D eigenvalue weighted by molar-refractivity contribution is 7.89. The Hall–Kier alpha value is -0.0912. The first-order valence-corrected chi connectivity index (χ1v) is 9.59. The van der Waals surface area contributed by atoms with E-state index < -0.39 is 123 Å². The van der Waals surface area contributed by atoms with Gasteiger partial charge in [0.1, 0.15) is 0 Å². The molecule has 0 rings (SSSR count). The third kappa shape index (κ3) is 8.99. The molecule has 0 aliphatic heterocycles. The quantitative estimate of drug-likeness (QED) is 0.190. The first-order valence-electron chi connectivity index (χ1n) is 9.59. The lowest BCUT2D eigenvalue weighted by atomic mass is 8.74. The minimum atomic E-state index is -4.40. The fourth-order valence-electron chi connectivity index (χ4n) is 2.60. The van der Waals surface area contributed by atoms with Crippen LogP contribution in [0, 0.1) is 0 Å². The van der Waals surface area contributed by atoms with Crippen LogP contribution in [0.1, 0.15) is 0 Å². The molecular weight excluding hydrogens is 537 g/mol. The minimum absolute atomic E-state index is 1.17. The van der Waals surface area contributed by atoms with Crippen LogP contribution in [0.25, 0.3) is 0 Å². The maximum atomic E-state index is 13.7. The molecule has 0 aliphatic carbocycles. The summed E-state index contributed by atoms with van der Waals surface area (Å²) in [5.74, 6) is 0. The Morgan fingerprint density at radius 1 is 0.222 bits per heavy atom. The fourth-order valence-corrected chi connectivity index (χ4v) is 2.60. The van der Waals surface area contributed by atoms with Crippen LogP contribution in [0.5, 0.6) is 0 Å². The van der Waals surface area contributed by atoms with Gasteiger partial charge >= 0.3 is 123 Å². The molecule has 0 N–H and O–H groups in total. The topological polar surface area (TPSA) is 0 Å². The summed E-state index contributed by atoms with van der Waals surface area (Å²) in [5.41, 5.74) is 0. The van der Waals surface area contributed by atoms with Crippen LogP contribution in [0.4, 0.5) is 77.7 Å². The van der Waals surface area contributed by atoms with Gasteiger partial charge in [0.25, 0.3) is 0 Å². The van der Waals surface area contributed by atoms with Gasteiger partial charge in [-0.05, 0) is 0 Å². The first-order chi connectivity index (χ1) is 16.5. The predicted molar refractivity (Wildman–Crippen MR) is 124 cm³/mol. The van der Waals surface area contributed by atoms with E-state index >= 15 is 0 Å². The van der Waals surface area contributed by atoms with Gasteiger partial charge < -0.3 is 77.7 Å². The molecule has 0 amide bonds. The Morgan fingerprint density at radius 2 is 0.333 bits per heavy atom. The number of rotatable bonds is 17. The Balaban J connectivity index is 5.31. The van der Waals surface area contributed by atoms with Gasteiger partial charge in [0.15, 0.2) is 0 Å². The molecule has 0 atom stereocenters. The number of hydrogen-bond acceptors (Lipinski definition) is 0. The van der Waals surface area contributed by atoms with Gasteiger partial charge in [0.2, 0.25) is 0 Å². The maximum Gasteiger partial charge on any atom is 0.350 e. The summed E-state index contributed by atoms with van der Waals surface area (Å²) in [4.78, 5) is 0. The molecule has 36 heteroatoms. The maximum absolute atomic E-state index is 13.7. The SMILES string of the molecule is F[B]B(F)B(F)B(F)B(F)B(F)B(F)B(F)B(F)B(F)B(F)B(F)B(F)B(F)B(F)B(F)B(F)[B]F. The molecule has 0 saturated heterocycles. The van der Waals surface area contributed by atoms with E-state index in [-0.39, 0.29) is 0 Å². The Kier molecular flexibility index (Phi) is 16.1. The molecule has 0 aromatic rings. The average molecular weight is 537 g/mol. The van der Waals surface area contributed by atoms with Crippen molar-refractivity contribution < 1.29 is 77.7 Å². The molecule has 0 fully saturated rings. The molecule has 0 saturated carbocycles. The van der Waals surface area contributed by atoms with Crippen molar-refractivity contribution in [2.75, 3.05) is 0 Å². The van der Waals surface area contributed by atoms with Crippen LogP contribution in [0.2, 0.25) is 0 Å². The van der Waals surface area contributed by atoms with Crippen molar-refractivity contribution in [2.45, 2.75) is 0 Å². The van der Waals surface area contributed by atoms with Crippen molar-refractivity contribution in [3.05, 3.63) is 0 Å². The van der Waals surface area contributed by atoms with E-state index in [2.05, 4.69) is 0 Å². The van der Waals surface area contributed by atoms with Gasteiger partial charge in [0.05, 0.1) is 0 Å². The zero-order chi connectivity index (χ0) is 28.7. The molecule has 0 nitrogen and oxygen atoms in total. The Labute approximate surface area is 201 Å². The highest BCUT2D eigenvalue weighted by Gasteiger charge is 2.68. The van der Waals surface area contributed by atoms with Gasteiger partial charge in [0, 0.05) is 0 Å². The molecule has 0 aromatic carbocycles. The van der Waals surface area contributed by atoms with E-state index in [1.165, 1.54) is 0 Å². The summed E-state index contributed by atoms with van der Waals surface area (Å²) in [6.45, 7) is -65.9. The Morgan fingerprint density at radius 3 is 0.444 bits per heavy atom. The fraction of sp³-hybridized carbons (Fsp3) is 0. The van der Waals surface area contributed by atoms with E-state index in [1.54, 1.807) is 0 Å². The van der Waals surface area contributed by atoms with Crippen molar-refractivity contribution in [1.82, 2.24) is 0 Å². The van der Waals surface area contributed by atoms with Crippen molar-refractivity contribution in [3.8, 4) is 0 Å². The van der Waals surface area contributed by atoms with Crippen LogP contribution < -0.4 is 0 Å². The number of halogens is 18. The third-order valence-electron chi connectivity index (χ3n) is 4.80. The van der Waals surface area contributed by atoms with Gasteiger partial charge in [-0.3, -0.25) is 0 Å². The van der Waals surface area contributed by atoms with Crippen molar-refractivity contribution in [1.29, 1.82) is 0 Å². The highest BCUT2D eigenvalue weighted by atomic mass is 19.2. The van der Waals surface area contributed by atoms with Crippen LogP contribution in [-0.4, -0.2) is 123 Å². The van der Waals surface area contributed by atoms with Crippen LogP contribution in [0.15, 0.2) is 0 Å². The molecule has 0 aliphatic rings. The van der Waals surface area contributed by atoms with Crippen LogP contribution in [-0.2, 0) is 0 Å². The summed E-state index contributed by atoms with van der Waals surface area (Å²) in [6.07, 6.45) is 0. The minimum Gasteiger partial charge on any atom is -0.350 e. The summed E-state index contributed by atoms with van der Waals surface area (Å²) in [7, 11) is -2.34. The zero-order valence-electron chi connectivity index (χ0n) is 17.2. The van der Waals surface area contributed by atoms with E-state index in [0.717, 1.165) is 0 Å². The molecule has 180 valence electrons. The van der Waals surface area contributed by atoms with Crippen molar-refractivity contribution in [2.24, 2.45) is 0 Å². The van der Waals surface area contributed by atoms with Gasteiger partial charge in [-0.1, -0.05) is 0 Å². The van der Waals surface area contributed by atoms with Crippen molar-refractivity contribution in [3.63, 3.8) is 0 Å². The second kappa shape index (κ2) is 16.1. The van der Waals surface area contributed by atoms with Crippen LogP contribution in [0.3, 0.4) is 0 Å². The molecule has 36 heavy (non-hydrogen) atoms. The van der Waals surface area contributed by atoms with E-state index in [0.29, 0.717) is 0 Å². The molecule has 0 heterocycles. The lowest BCUT2D eigenvalue weighted by Crippen LogP contribution is -2.68. The first kappa shape index (κ1) is 35.9. The molecule has 2 radical (unpaired) electrons. The molecule has 0 bridgehead atoms. The lowest BCUT2D eigenvalue weighted by Gasteiger charge is -2.17. The average Bonchev–Trinajstić information content (AvgIpc) is 2.89. The standard InChI is InChI=1S/B18F18/c19-1-3(21)5(23)7(25)9(27)11(29)13(31)15(33)17(35)18(36)16(34)14(32)12(30)10(28)8(26)6(24)4(22)2-20. The summed E-state index contributed by atoms with van der Waals surface area (Å²) in [6, 6.07) is 0. The molecule has 0 aromatic heterocycles. The second-order valence-electron chi connectivity index (χ2n) is 7.36. The third-order valence-corrected chi connectivity index (χ3v) is 4.80. The number of hydrogen-bond donors (Lipinski definition) is 0. The predicted octanol–water partition coefficient (Wildman–Crippen LogP) is 0.709. The van der Waals surface area contributed by atoms with Gasteiger partial charge in [-0.25, -0.2) is 0 Å². The van der Waals surface area contributed by atoms with E-state index in [1.807, 2.05) is 0 Å². The second-order valence-corrected chi connectivity index (χ2v) is 7.36. The normalized spacial score (nSPS) is 9.94. The Bertz CT molecular complexity index is 550. The monoisotopic (exact) mass is 540 g/mol.